The average Bonchev–Trinajstić information content (AvgIpc) is 3.31. The summed E-state index contributed by atoms with van der Waals surface area (Å²) >= 11 is 1.45. The molecule has 2 atom stereocenters. The number of carbonyl (C=O) groups is 3. The zero-order chi connectivity index (χ0) is 20.6. The number of thiophene rings is 1. The number of amides is 3. The summed E-state index contributed by atoms with van der Waals surface area (Å²) < 4.78 is 7.26. The lowest BCUT2D eigenvalue weighted by Crippen LogP contribution is -2.41. The maximum atomic E-state index is 12.9. The Balaban J connectivity index is 1.83. The highest BCUT2D eigenvalue weighted by Crippen LogP contribution is 2.30. The second kappa shape index (κ2) is 7.52. The molecule has 0 aromatic carbocycles. The maximum Gasteiger partial charge on any atom is 0.325 e. The Morgan fingerprint density at radius 1 is 1.36 bits per heavy atom. The predicted molar refractivity (Wildman–Crippen MR) is 107 cm³/mol. The molecular weight excluding hydrogens is 378 g/mol. The van der Waals surface area contributed by atoms with Crippen LogP contribution < -0.4 is 5.32 Å². The number of hydrogen-bond donors (Lipinski definition) is 1. The van der Waals surface area contributed by atoms with Crippen molar-refractivity contribution in [2.75, 3.05) is 20.3 Å². The number of hydrogen-bond acceptors (Lipinski definition) is 5. The number of aryl methyl sites for hydroxylation is 1. The lowest BCUT2D eigenvalue weighted by atomic mass is 9.95. The van der Waals surface area contributed by atoms with E-state index in [9.17, 15) is 14.4 Å². The Morgan fingerprint density at radius 3 is 2.68 bits per heavy atom. The van der Waals surface area contributed by atoms with Crippen molar-refractivity contribution < 1.29 is 19.1 Å². The molecule has 2 aromatic rings. The van der Waals surface area contributed by atoms with E-state index in [0.29, 0.717) is 12.2 Å². The molecule has 1 saturated heterocycles. The monoisotopic (exact) mass is 403 g/mol. The number of nitrogens with one attached hydrogen (secondary N) is 1. The van der Waals surface area contributed by atoms with Gasteiger partial charge in [0.15, 0.2) is 5.78 Å². The molecule has 0 saturated carbocycles. The number of methoxy groups -OCH3 is 1. The zero-order valence-electron chi connectivity index (χ0n) is 16.7. The molecule has 0 aliphatic carbocycles. The van der Waals surface area contributed by atoms with E-state index in [1.165, 1.54) is 11.3 Å². The summed E-state index contributed by atoms with van der Waals surface area (Å²) in [4.78, 5) is 39.3. The van der Waals surface area contributed by atoms with Crippen LogP contribution in [-0.2, 0) is 15.1 Å². The fraction of sp³-hybridized carbons (Fsp3) is 0.450. The van der Waals surface area contributed by atoms with Crippen LogP contribution in [0.2, 0.25) is 0 Å². The molecule has 0 radical (unpaired) electrons. The first kappa shape index (κ1) is 20.3. The summed E-state index contributed by atoms with van der Waals surface area (Å²) in [7, 11) is 1.64. The van der Waals surface area contributed by atoms with Gasteiger partial charge in [-0.25, -0.2) is 4.79 Å². The van der Waals surface area contributed by atoms with Crippen LogP contribution in [0.4, 0.5) is 4.79 Å². The van der Waals surface area contributed by atoms with Gasteiger partial charge in [-0.1, -0.05) is 0 Å². The summed E-state index contributed by atoms with van der Waals surface area (Å²) in [6.07, 6.45) is 0. The topological polar surface area (TPSA) is 80.6 Å². The highest BCUT2D eigenvalue weighted by atomic mass is 32.1. The summed E-state index contributed by atoms with van der Waals surface area (Å²) in [5.41, 5.74) is 1.84. The first-order chi connectivity index (χ1) is 13.2. The van der Waals surface area contributed by atoms with E-state index in [1.807, 2.05) is 36.1 Å². The molecule has 0 spiro atoms. The molecule has 1 N–H and O–H groups in total. The minimum absolute atomic E-state index is 0.0742. The number of ether oxygens (including phenoxy) is 1. The van der Waals surface area contributed by atoms with Crippen LogP contribution >= 0.6 is 11.3 Å². The fourth-order valence-corrected chi connectivity index (χ4v) is 4.63. The van der Waals surface area contributed by atoms with E-state index in [2.05, 4.69) is 5.32 Å². The number of carbonyl (C=O) groups excluding carboxylic acids is 3. The highest BCUT2D eigenvalue weighted by molar-refractivity contribution is 7.08. The second-order valence-corrected chi connectivity index (χ2v) is 8.12. The normalized spacial score (nSPS) is 20.5. The first-order valence-corrected chi connectivity index (χ1v) is 10.0. The van der Waals surface area contributed by atoms with Gasteiger partial charge in [0.25, 0.3) is 5.91 Å². The van der Waals surface area contributed by atoms with Crippen molar-refractivity contribution in [3.05, 3.63) is 45.4 Å². The lowest BCUT2D eigenvalue weighted by molar-refractivity contribution is -0.130. The van der Waals surface area contributed by atoms with Crippen LogP contribution in [0, 0.1) is 13.8 Å². The number of imide groups is 1. The van der Waals surface area contributed by atoms with Crippen molar-refractivity contribution in [3.63, 3.8) is 0 Å². The minimum Gasteiger partial charge on any atom is -0.383 e. The van der Waals surface area contributed by atoms with E-state index in [0.717, 1.165) is 21.9 Å². The van der Waals surface area contributed by atoms with Crippen molar-refractivity contribution in [2.24, 2.45) is 0 Å². The largest absolute Gasteiger partial charge is 0.383 e. The number of ketones is 1. The van der Waals surface area contributed by atoms with Crippen molar-refractivity contribution in [1.29, 1.82) is 0 Å². The van der Waals surface area contributed by atoms with E-state index in [1.54, 1.807) is 26.2 Å². The van der Waals surface area contributed by atoms with Gasteiger partial charge in [0.2, 0.25) is 0 Å². The lowest BCUT2D eigenvalue weighted by Gasteiger charge is -2.20. The number of aromatic nitrogens is 1. The minimum atomic E-state index is -1.14. The molecular formula is C20H25N3O4S. The highest BCUT2D eigenvalue weighted by Gasteiger charge is 2.49. The number of urea groups is 1. The van der Waals surface area contributed by atoms with E-state index in [-0.39, 0.29) is 18.4 Å². The molecule has 2 unspecified atom stereocenters. The summed E-state index contributed by atoms with van der Waals surface area (Å²) in [6, 6.07) is 3.14. The SMILES string of the molecule is COCC(C)n1c(C)cc(C(=O)CN2C(=O)NC(C)(c3ccsc3)C2=O)c1C. The Morgan fingerprint density at radius 2 is 2.07 bits per heavy atom. The van der Waals surface area contributed by atoms with Gasteiger partial charge in [-0.2, -0.15) is 11.3 Å². The smallest absolute Gasteiger partial charge is 0.325 e. The van der Waals surface area contributed by atoms with Gasteiger partial charge >= 0.3 is 6.03 Å². The fourth-order valence-electron chi connectivity index (χ4n) is 3.87. The van der Waals surface area contributed by atoms with Crippen LogP contribution in [0.25, 0.3) is 0 Å². The molecule has 3 heterocycles. The Hall–Kier alpha value is -2.45. The quantitative estimate of drug-likeness (QED) is 0.569. The Bertz CT molecular complexity index is 918. The van der Waals surface area contributed by atoms with E-state index in [4.69, 9.17) is 4.74 Å². The Kier molecular flexibility index (Phi) is 5.45. The predicted octanol–water partition coefficient (Wildman–Crippen LogP) is 3.02. The maximum absolute atomic E-state index is 12.9. The third-order valence-corrected chi connectivity index (χ3v) is 5.99. The molecule has 2 aromatic heterocycles. The van der Waals surface area contributed by atoms with Gasteiger partial charge in [0.1, 0.15) is 5.54 Å². The molecule has 3 rings (SSSR count). The molecule has 1 aliphatic heterocycles. The molecule has 3 amide bonds. The van der Waals surface area contributed by atoms with Gasteiger partial charge in [-0.3, -0.25) is 14.5 Å². The van der Waals surface area contributed by atoms with Crippen LogP contribution in [0.3, 0.4) is 0 Å². The van der Waals surface area contributed by atoms with Crippen molar-refractivity contribution >= 4 is 29.1 Å². The van der Waals surface area contributed by atoms with Crippen LogP contribution in [0.5, 0.6) is 0 Å². The van der Waals surface area contributed by atoms with E-state index >= 15 is 0 Å². The summed E-state index contributed by atoms with van der Waals surface area (Å²) in [6.45, 7) is 7.72. The summed E-state index contributed by atoms with van der Waals surface area (Å²) in [5.74, 6) is -0.673. The molecule has 1 fully saturated rings. The van der Waals surface area contributed by atoms with Gasteiger partial charge < -0.3 is 14.6 Å². The van der Waals surface area contributed by atoms with E-state index < -0.39 is 17.5 Å². The number of nitrogens with zero attached hydrogens (tertiary/aromatic N) is 2. The van der Waals surface area contributed by atoms with Crippen LogP contribution in [-0.4, -0.2) is 47.4 Å². The van der Waals surface area contributed by atoms with Gasteiger partial charge in [-0.15, -0.1) is 0 Å². The first-order valence-electron chi connectivity index (χ1n) is 9.08. The number of rotatable bonds is 7. The average molecular weight is 404 g/mol. The Labute approximate surface area is 168 Å². The molecule has 0 bridgehead atoms. The van der Waals surface area contributed by atoms with Gasteiger partial charge in [0, 0.05) is 24.1 Å². The second-order valence-electron chi connectivity index (χ2n) is 7.34. The van der Waals surface area contributed by atoms with Crippen LogP contribution in [0.15, 0.2) is 22.9 Å². The van der Waals surface area contributed by atoms with Gasteiger partial charge in [-0.05, 0) is 56.2 Å². The molecule has 150 valence electrons. The third kappa shape index (κ3) is 3.27. The van der Waals surface area contributed by atoms with Crippen molar-refractivity contribution in [2.45, 2.75) is 39.3 Å². The summed E-state index contributed by atoms with van der Waals surface area (Å²) in [5, 5.41) is 6.40. The third-order valence-electron chi connectivity index (χ3n) is 5.31. The standard InChI is InChI=1S/C20H25N3O4S/c1-12-8-16(14(3)23(12)13(2)10-27-5)17(24)9-22-18(25)20(4,21-19(22)26)15-6-7-28-11-15/h6-8,11,13H,9-10H2,1-5H3,(H,21,26). The zero-order valence-corrected chi connectivity index (χ0v) is 17.6. The number of Topliss-reactive ketones (excluding diaryl/α,β-unsaturated/α-hetero) is 1. The molecule has 7 nitrogen and oxygen atoms in total. The van der Waals surface area contributed by atoms with Gasteiger partial charge in [0.05, 0.1) is 19.2 Å². The van der Waals surface area contributed by atoms with Crippen molar-refractivity contribution in [1.82, 2.24) is 14.8 Å². The molecule has 8 heteroatoms. The molecule has 28 heavy (non-hydrogen) atoms. The molecule has 1 aliphatic rings. The van der Waals surface area contributed by atoms with Crippen LogP contribution in [0.1, 0.15) is 47.2 Å². The van der Waals surface area contributed by atoms with Crippen molar-refractivity contribution in [3.8, 4) is 0 Å².